The number of benzene rings is 2. The highest BCUT2D eigenvalue weighted by atomic mass is 16.5. The highest BCUT2D eigenvalue weighted by molar-refractivity contribution is 5.92. The minimum Gasteiger partial charge on any atom is -0.497 e. The summed E-state index contributed by atoms with van der Waals surface area (Å²) in [4.78, 5) is 14.7. The van der Waals surface area contributed by atoms with E-state index in [0.717, 1.165) is 42.0 Å². The molecule has 1 aliphatic rings. The summed E-state index contributed by atoms with van der Waals surface area (Å²) < 4.78 is 10.9. The van der Waals surface area contributed by atoms with Crippen LogP contribution in [0.5, 0.6) is 11.5 Å². The molecule has 1 atom stereocenters. The van der Waals surface area contributed by atoms with Gasteiger partial charge < -0.3 is 14.4 Å². The molecule has 0 spiro atoms. The van der Waals surface area contributed by atoms with Crippen molar-refractivity contribution < 1.29 is 14.3 Å². The molecule has 1 heterocycles. The van der Waals surface area contributed by atoms with E-state index in [9.17, 15) is 4.79 Å². The largest absolute Gasteiger partial charge is 0.497 e. The standard InChI is InChI=1S/C22H25NO3/c1-16-6-8-17(9-7-16)10-13-22(24)23-14-4-5-20(23)19-15-18(25-2)11-12-21(19)26-3/h6-13,15,20H,4-5,14H2,1-3H3. The van der Waals surface area contributed by atoms with E-state index in [1.54, 1.807) is 20.3 Å². The summed E-state index contributed by atoms with van der Waals surface area (Å²) in [5, 5.41) is 0. The van der Waals surface area contributed by atoms with Crippen molar-refractivity contribution in [3.05, 3.63) is 65.2 Å². The quantitative estimate of drug-likeness (QED) is 0.750. The van der Waals surface area contributed by atoms with Crippen LogP contribution in [0, 0.1) is 6.92 Å². The molecule has 3 rings (SSSR count). The first-order valence-corrected chi connectivity index (χ1v) is 8.89. The maximum absolute atomic E-state index is 12.8. The minimum absolute atomic E-state index is 0.00946. The summed E-state index contributed by atoms with van der Waals surface area (Å²) in [6, 6.07) is 13.9. The molecular formula is C22H25NO3. The third-order valence-corrected chi connectivity index (χ3v) is 4.83. The molecule has 136 valence electrons. The van der Waals surface area contributed by atoms with Gasteiger partial charge in [0.05, 0.1) is 20.3 Å². The number of nitrogens with zero attached hydrogens (tertiary/aromatic N) is 1. The van der Waals surface area contributed by atoms with Gasteiger partial charge in [0.25, 0.3) is 0 Å². The normalized spacial score (nSPS) is 16.9. The van der Waals surface area contributed by atoms with Crippen LogP contribution < -0.4 is 9.47 Å². The fourth-order valence-corrected chi connectivity index (χ4v) is 3.39. The van der Waals surface area contributed by atoms with E-state index in [-0.39, 0.29) is 11.9 Å². The fraction of sp³-hybridized carbons (Fsp3) is 0.318. The lowest BCUT2D eigenvalue weighted by Gasteiger charge is -2.25. The second-order valence-corrected chi connectivity index (χ2v) is 6.54. The molecule has 0 aliphatic carbocycles. The SMILES string of the molecule is COc1ccc(OC)c(C2CCCN2C(=O)C=Cc2ccc(C)cc2)c1. The molecular weight excluding hydrogens is 326 g/mol. The van der Waals surface area contributed by atoms with Gasteiger partial charge in [-0.2, -0.15) is 0 Å². The van der Waals surface area contributed by atoms with Crippen LogP contribution in [0.2, 0.25) is 0 Å². The summed E-state index contributed by atoms with van der Waals surface area (Å²) in [6.45, 7) is 2.80. The zero-order valence-electron chi connectivity index (χ0n) is 15.6. The van der Waals surface area contributed by atoms with Crippen LogP contribution in [-0.2, 0) is 4.79 Å². The second-order valence-electron chi connectivity index (χ2n) is 6.54. The van der Waals surface area contributed by atoms with Crippen molar-refractivity contribution >= 4 is 12.0 Å². The van der Waals surface area contributed by atoms with Gasteiger partial charge in [0.1, 0.15) is 11.5 Å². The summed E-state index contributed by atoms with van der Waals surface area (Å²) in [5.74, 6) is 1.59. The molecule has 0 N–H and O–H groups in total. The molecule has 0 bridgehead atoms. The first kappa shape index (κ1) is 18.1. The number of amides is 1. The molecule has 0 aromatic heterocycles. The Bertz CT molecular complexity index is 796. The monoisotopic (exact) mass is 351 g/mol. The third kappa shape index (κ3) is 3.90. The van der Waals surface area contributed by atoms with Gasteiger partial charge in [-0.3, -0.25) is 4.79 Å². The summed E-state index contributed by atoms with van der Waals surface area (Å²) in [7, 11) is 3.30. The van der Waals surface area contributed by atoms with Crippen LogP contribution in [0.15, 0.2) is 48.5 Å². The number of carbonyl (C=O) groups is 1. The van der Waals surface area contributed by atoms with Gasteiger partial charge in [0.15, 0.2) is 0 Å². The van der Waals surface area contributed by atoms with Crippen LogP contribution >= 0.6 is 0 Å². The highest BCUT2D eigenvalue weighted by Crippen LogP contribution is 2.39. The minimum atomic E-state index is 0.00946. The van der Waals surface area contributed by atoms with Gasteiger partial charge >= 0.3 is 0 Å². The van der Waals surface area contributed by atoms with Gasteiger partial charge in [0.2, 0.25) is 5.91 Å². The first-order chi connectivity index (χ1) is 12.6. The summed E-state index contributed by atoms with van der Waals surface area (Å²) >= 11 is 0. The van der Waals surface area contributed by atoms with Crippen molar-refractivity contribution in [2.75, 3.05) is 20.8 Å². The topological polar surface area (TPSA) is 38.8 Å². The Morgan fingerprint density at radius 3 is 2.58 bits per heavy atom. The van der Waals surface area contributed by atoms with E-state index in [1.165, 1.54) is 5.56 Å². The number of ether oxygens (including phenoxy) is 2. The lowest BCUT2D eigenvalue weighted by Crippen LogP contribution is -2.29. The number of hydrogen-bond acceptors (Lipinski definition) is 3. The third-order valence-electron chi connectivity index (χ3n) is 4.83. The molecule has 1 fully saturated rings. The van der Waals surface area contributed by atoms with Crippen LogP contribution in [0.25, 0.3) is 6.08 Å². The zero-order valence-corrected chi connectivity index (χ0v) is 15.6. The van der Waals surface area contributed by atoms with Crippen LogP contribution in [0.3, 0.4) is 0 Å². The smallest absolute Gasteiger partial charge is 0.247 e. The zero-order chi connectivity index (χ0) is 18.5. The highest BCUT2D eigenvalue weighted by Gasteiger charge is 2.31. The summed E-state index contributed by atoms with van der Waals surface area (Å²) in [5.41, 5.74) is 3.23. The van der Waals surface area contributed by atoms with Crippen molar-refractivity contribution in [3.8, 4) is 11.5 Å². The molecule has 0 saturated carbocycles. The number of likely N-dealkylation sites (tertiary alicyclic amines) is 1. The predicted molar refractivity (Wildman–Crippen MR) is 103 cm³/mol. The molecule has 0 radical (unpaired) electrons. The maximum Gasteiger partial charge on any atom is 0.247 e. The molecule has 2 aromatic rings. The Kier molecular flexibility index (Phi) is 5.61. The Balaban J connectivity index is 1.81. The van der Waals surface area contributed by atoms with E-state index in [1.807, 2.05) is 53.4 Å². The number of carbonyl (C=O) groups excluding carboxylic acids is 1. The van der Waals surface area contributed by atoms with Crippen LogP contribution in [-0.4, -0.2) is 31.6 Å². The second kappa shape index (κ2) is 8.09. The first-order valence-electron chi connectivity index (χ1n) is 8.89. The predicted octanol–water partition coefficient (Wildman–Crippen LogP) is 4.39. The molecule has 26 heavy (non-hydrogen) atoms. The Hall–Kier alpha value is -2.75. The van der Waals surface area contributed by atoms with Crippen LogP contribution in [0.4, 0.5) is 0 Å². The molecule has 4 nitrogen and oxygen atoms in total. The number of aryl methyl sites for hydroxylation is 1. The number of methoxy groups -OCH3 is 2. The van der Waals surface area contributed by atoms with Crippen molar-refractivity contribution in [1.29, 1.82) is 0 Å². The van der Waals surface area contributed by atoms with E-state index in [4.69, 9.17) is 9.47 Å². The van der Waals surface area contributed by atoms with Crippen LogP contribution in [0.1, 0.15) is 35.6 Å². The summed E-state index contributed by atoms with van der Waals surface area (Å²) in [6.07, 6.45) is 5.44. The Morgan fingerprint density at radius 1 is 1.12 bits per heavy atom. The van der Waals surface area contributed by atoms with Gasteiger partial charge in [-0.1, -0.05) is 29.8 Å². The average Bonchev–Trinajstić information content (AvgIpc) is 3.16. The van der Waals surface area contributed by atoms with Crippen molar-refractivity contribution in [1.82, 2.24) is 4.90 Å². The average molecular weight is 351 g/mol. The molecule has 1 saturated heterocycles. The van der Waals surface area contributed by atoms with Crippen molar-refractivity contribution in [3.63, 3.8) is 0 Å². The van der Waals surface area contributed by atoms with E-state index < -0.39 is 0 Å². The van der Waals surface area contributed by atoms with Gasteiger partial charge in [-0.15, -0.1) is 0 Å². The molecule has 1 amide bonds. The molecule has 2 aromatic carbocycles. The lowest BCUT2D eigenvalue weighted by molar-refractivity contribution is -0.126. The van der Waals surface area contributed by atoms with Gasteiger partial charge in [-0.05, 0) is 49.6 Å². The van der Waals surface area contributed by atoms with E-state index in [0.29, 0.717) is 0 Å². The van der Waals surface area contributed by atoms with Gasteiger partial charge in [0, 0.05) is 18.2 Å². The number of hydrogen-bond donors (Lipinski definition) is 0. The molecule has 1 unspecified atom stereocenters. The van der Waals surface area contributed by atoms with Crippen molar-refractivity contribution in [2.24, 2.45) is 0 Å². The van der Waals surface area contributed by atoms with E-state index in [2.05, 4.69) is 6.92 Å². The Morgan fingerprint density at radius 2 is 1.88 bits per heavy atom. The molecule has 4 heteroatoms. The fourth-order valence-electron chi connectivity index (χ4n) is 3.39. The number of rotatable bonds is 5. The Labute approximate surface area is 155 Å². The van der Waals surface area contributed by atoms with E-state index >= 15 is 0 Å². The maximum atomic E-state index is 12.8. The molecule has 1 aliphatic heterocycles. The van der Waals surface area contributed by atoms with Crippen molar-refractivity contribution in [2.45, 2.75) is 25.8 Å². The van der Waals surface area contributed by atoms with Gasteiger partial charge in [-0.25, -0.2) is 0 Å². The lowest BCUT2D eigenvalue weighted by atomic mass is 10.0.